The molecule has 0 spiro atoms. The molecule has 0 bridgehead atoms. The van der Waals surface area contributed by atoms with Gasteiger partial charge in [0.15, 0.2) is 0 Å². The number of halogens is 3. The minimum absolute atomic E-state index is 0.0711. The summed E-state index contributed by atoms with van der Waals surface area (Å²) in [6.07, 6.45) is 0. The summed E-state index contributed by atoms with van der Waals surface area (Å²) in [6, 6.07) is 9.63. The molecule has 2 aromatic rings. The Labute approximate surface area is 131 Å². The van der Waals surface area contributed by atoms with Crippen molar-refractivity contribution >= 4 is 46.5 Å². The second-order valence-corrected chi connectivity index (χ2v) is 5.31. The van der Waals surface area contributed by atoms with Crippen LogP contribution in [0.4, 0.5) is 5.69 Å². The molecular formula is C14H10Cl3NO2. The summed E-state index contributed by atoms with van der Waals surface area (Å²) in [7, 11) is 0. The van der Waals surface area contributed by atoms with Crippen LogP contribution in [-0.2, 0) is 11.3 Å². The number of benzene rings is 2. The number of nitrogens with two attached hydrogens (primary N) is 1. The Bertz CT molecular complexity index is 659. The molecule has 0 atom stereocenters. The van der Waals surface area contributed by atoms with Gasteiger partial charge in [0, 0.05) is 10.7 Å². The number of ether oxygens (including phenoxy) is 1. The van der Waals surface area contributed by atoms with Crippen LogP contribution < -0.4 is 5.73 Å². The van der Waals surface area contributed by atoms with E-state index in [1.807, 2.05) is 0 Å². The van der Waals surface area contributed by atoms with E-state index >= 15 is 0 Å². The van der Waals surface area contributed by atoms with Crippen LogP contribution in [-0.4, -0.2) is 5.97 Å². The standard InChI is InChI=1S/C14H10Cl3NO2/c15-9-2-4-13(18)10(6-9)14(19)20-7-8-1-3-11(16)12(17)5-8/h1-6H,7,18H2. The first-order valence-corrected chi connectivity index (χ1v) is 6.77. The highest BCUT2D eigenvalue weighted by atomic mass is 35.5. The third-order valence-corrected chi connectivity index (χ3v) is 3.56. The molecule has 0 unspecified atom stereocenters. The maximum absolute atomic E-state index is 11.9. The normalized spacial score (nSPS) is 10.3. The van der Waals surface area contributed by atoms with Gasteiger partial charge in [-0.15, -0.1) is 0 Å². The van der Waals surface area contributed by atoms with Crippen LogP contribution in [0.15, 0.2) is 36.4 Å². The molecule has 3 nitrogen and oxygen atoms in total. The molecule has 0 saturated heterocycles. The van der Waals surface area contributed by atoms with E-state index < -0.39 is 5.97 Å². The smallest absolute Gasteiger partial charge is 0.340 e. The molecule has 0 aliphatic carbocycles. The fourth-order valence-electron chi connectivity index (χ4n) is 1.56. The van der Waals surface area contributed by atoms with Crippen molar-refractivity contribution in [1.29, 1.82) is 0 Å². The van der Waals surface area contributed by atoms with Gasteiger partial charge >= 0.3 is 5.97 Å². The molecule has 0 fully saturated rings. The predicted molar refractivity (Wildman–Crippen MR) is 81.4 cm³/mol. The van der Waals surface area contributed by atoms with Crippen molar-refractivity contribution in [2.24, 2.45) is 0 Å². The zero-order valence-electron chi connectivity index (χ0n) is 10.2. The second kappa shape index (κ2) is 6.35. The zero-order valence-corrected chi connectivity index (χ0v) is 12.5. The zero-order chi connectivity index (χ0) is 14.7. The van der Waals surface area contributed by atoms with Crippen LogP contribution in [0.2, 0.25) is 15.1 Å². The molecule has 6 heteroatoms. The number of carbonyl (C=O) groups excluding carboxylic acids is 1. The number of hydrogen-bond donors (Lipinski definition) is 1. The number of carbonyl (C=O) groups is 1. The number of esters is 1. The predicted octanol–water partition coefficient (Wildman–Crippen LogP) is 4.59. The maximum atomic E-state index is 11.9. The summed E-state index contributed by atoms with van der Waals surface area (Å²) in [5.41, 5.74) is 6.98. The fourth-order valence-corrected chi connectivity index (χ4v) is 2.05. The van der Waals surface area contributed by atoms with Crippen LogP contribution in [0.5, 0.6) is 0 Å². The van der Waals surface area contributed by atoms with Gasteiger partial charge in [-0.25, -0.2) is 4.79 Å². The molecular weight excluding hydrogens is 321 g/mol. The van der Waals surface area contributed by atoms with Crippen molar-refractivity contribution in [3.63, 3.8) is 0 Å². The molecule has 2 aromatic carbocycles. The van der Waals surface area contributed by atoms with Crippen molar-refractivity contribution in [3.8, 4) is 0 Å². The lowest BCUT2D eigenvalue weighted by Crippen LogP contribution is -2.08. The summed E-state index contributed by atoms with van der Waals surface area (Å²) >= 11 is 17.5. The maximum Gasteiger partial charge on any atom is 0.340 e. The average molecular weight is 331 g/mol. The van der Waals surface area contributed by atoms with Crippen molar-refractivity contribution in [2.45, 2.75) is 6.61 Å². The Hall–Kier alpha value is -1.42. The molecule has 0 aromatic heterocycles. The Morgan fingerprint density at radius 1 is 1.05 bits per heavy atom. The summed E-state index contributed by atoms with van der Waals surface area (Å²) < 4.78 is 5.17. The highest BCUT2D eigenvalue weighted by molar-refractivity contribution is 6.42. The minimum atomic E-state index is -0.545. The van der Waals surface area contributed by atoms with E-state index in [-0.39, 0.29) is 12.2 Å². The Balaban J connectivity index is 2.08. The quantitative estimate of drug-likeness (QED) is 0.661. The number of rotatable bonds is 3. The first-order chi connectivity index (χ1) is 9.47. The number of nitrogen functional groups attached to an aromatic ring is 1. The third-order valence-electron chi connectivity index (χ3n) is 2.59. The monoisotopic (exact) mass is 329 g/mol. The van der Waals surface area contributed by atoms with Gasteiger partial charge in [0.1, 0.15) is 6.61 Å². The summed E-state index contributed by atoms with van der Waals surface area (Å²) in [5.74, 6) is -0.545. The molecule has 0 radical (unpaired) electrons. The second-order valence-electron chi connectivity index (χ2n) is 4.06. The number of hydrogen-bond acceptors (Lipinski definition) is 3. The first kappa shape index (κ1) is 15.0. The lowest BCUT2D eigenvalue weighted by molar-refractivity contribution is 0.0474. The first-order valence-electron chi connectivity index (χ1n) is 5.63. The third kappa shape index (κ3) is 3.57. The highest BCUT2D eigenvalue weighted by Crippen LogP contribution is 2.23. The topological polar surface area (TPSA) is 52.3 Å². The Morgan fingerprint density at radius 2 is 1.80 bits per heavy atom. The molecule has 0 saturated carbocycles. The van der Waals surface area contributed by atoms with Crippen molar-refractivity contribution in [3.05, 3.63) is 62.6 Å². The fraction of sp³-hybridized carbons (Fsp3) is 0.0714. The SMILES string of the molecule is Nc1ccc(Cl)cc1C(=O)OCc1ccc(Cl)c(Cl)c1. The molecule has 0 aliphatic rings. The van der Waals surface area contributed by atoms with E-state index in [0.29, 0.717) is 20.8 Å². The van der Waals surface area contributed by atoms with E-state index in [1.54, 1.807) is 30.3 Å². The largest absolute Gasteiger partial charge is 0.457 e. The van der Waals surface area contributed by atoms with Crippen molar-refractivity contribution < 1.29 is 9.53 Å². The van der Waals surface area contributed by atoms with Gasteiger partial charge in [-0.3, -0.25) is 0 Å². The minimum Gasteiger partial charge on any atom is -0.457 e. The number of anilines is 1. The average Bonchev–Trinajstić information content (AvgIpc) is 2.42. The van der Waals surface area contributed by atoms with Crippen LogP contribution >= 0.6 is 34.8 Å². The van der Waals surface area contributed by atoms with E-state index in [4.69, 9.17) is 45.3 Å². The summed E-state index contributed by atoms with van der Waals surface area (Å²) in [5, 5.41) is 1.27. The van der Waals surface area contributed by atoms with Crippen LogP contribution in [0.3, 0.4) is 0 Å². The van der Waals surface area contributed by atoms with Crippen LogP contribution in [0.1, 0.15) is 15.9 Å². The molecule has 2 rings (SSSR count). The molecule has 0 amide bonds. The van der Waals surface area contributed by atoms with E-state index in [0.717, 1.165) is 5.56 Å². The Kier molecular flexibility index (Phi) is 4.76. The molecule has 20 heavy (non-hydrogen) atoms. The van der Waals surface area contributed by atoms with Crippen LogP contribution in [0.25, 0.3) is 0 Å². The highest BCUT2D eigenvalue weighted by Gasteiger charge is 2.12. The molecule has 0 aliphatic heterocycles. The van der Waals surface area contributed by atoms with Crippen LogP contribution in [0, 0.1) is 0 Å². The van der Waals surface area contributed by atoms with Gasteiger partial charge in [0.05, 0.1) is 15.6 Å². The molecule has 104 valence electrons. The van der Waals surface area contributed by atoms with Gasteiger partial charge < -0.3 is 10.5 Å². The van der Waals surface area contributed by atoms with E-state index in [9.17, 15) is 4.79 Å². The van der Waals surface area contributed by atoms with Crippen molar-refractivity contribution in [1.82, 2.24) is 0 Å². The van der Waals surface area contributed by atoms with Gasteiger partial charge in [-0.2, -0.15) is 0 Å². The molecule has 2 N–H and O–H groups in total. The summed E-state index contributed by atoms with van der Waals surface area (Å²) in [6.45, 7) is 0.0711. The van der Waals surface area contributed by atoms with Crippen molar-refractivity contribution in [2.75, 3.05) is 5.73 Å². The van der Waals surface area contributed by atoms with Gasteiger partial charge in [0.2, 0.25) is 0 Å². The lowest BCUT2D eigenvalue weighted by Gasteiger charge is -2.08. The van der Waals surface area contributed by atoms with E-state index in [1.165, 1.54) is 6.07 Å². The lowest BCUT2D eigenvalue weighted by atomic mass is 10.2. The molecule has 0 heterocycles. The van der Waals surface area contributed by atoms with Gasteiger partial charge in [-0.1, -0.05) is 40.9 Å². The van der Waals surface area contributed by atoms with Gasteiger partial charge in [-0.05, 0) is 35.9 Å². The summed E-state index contributed by atoms with van der Waals surface area (Å²) in [4.78, 5) is 11.9. The van der Waals surface area contributed by atoms with E-state index in [2.05, 4.69) is 0 Å². The Morgan fingerprint density at radius 3 is 2.50 bits per heavy atom. The van der Waals surface area contributed by atoms with Gasteiger partial charge in [0.25, 0.3) is 0 Å².